The van der Waals surface area contributed by atoms with Crippen molar-refractivity contribution in [2.75, 3.05) is 6.54 Å². The number of carbonyl (C=O) groups is 3. The van der Waals surface area contributed by atoms with Gasteiger partial charge >= 0.3 is 5.97 Å². The minimum Gasteiger partial charge on any atom is -0.506 e. The van der Waals surface area contributed by atoms with E-state index < -0.39 is 23.7 Å². The first-order chi connectivity index (χ1) is 9.79. The summed E-state index contributed by atoms with van der Waals surface area (Å²) in [6.07, 6.45) is 1.37. The van der Waals surface area contributed by atoms with Crippen molar-refractivity contribution >= 4 is 73.5 Å². The number of phenols is 1. The minimum absolute atomic E-state index is 0.0103. The molecule has 2 amide bonds. The minimum atomic E-state index is -1.27. The number of amides is 2. The average molecular weight is 484 g/mol. The number of imide groups is 1. The fraction of sp³-hybridized carbons (Fsp3) is 0.0833. The molecule has 1 aliphatic heterocycles. The quantitative estimate of drug-likeness (QED) is 0.507. The molecule has 21 heavy (non-hydrogen) atoms. The molecule has 1 aromatic rings. The summed E-state index contributed by atoms with van der Waals surface area (Å²) in [6.45, 7) is -0.677. The van der Waals surface area contributed by atoms with Gasteiger partial charge < -0.3 is 10.2 Å². The van der Waals surface area contributed by atoms with Gasteiger partial charge in [0.25, 0.3) is 11.1 Å². The number of carbonyl (C=O) groups excluding carboxylic acids is 2. The molecule has 0 atom stereocenters. The summed E-state index contributed by atoms with van der Waals surface area (Å²) >= 11 is 5.86. The van der Waals surface area contributed by atoms with Crippen molar-refractivity contribution < 1.29 is 24.6 Å². The number of carboxylic acid groups (broad SMARTS) is 1. The summed E-state index contributed by atoms with van der Waals surface area (Å²) in [5.74, 6) is -1.95. The number of thioether (sulfide) groups is 1. The number of phenolic OH excluding ortho intramolecular Hbond substituents is 1. The molecule has 0 aromatic heterocycles. The Bertz CT molecular complexity index is 690. The van der Waals surface area contributed by atoms with Crippen LogP contribution in [0.5, 0.6) is 5.75 Å². The lowest BCUT2D eigenvalue weighted by atomic mass is 10.2. The van der Waals surface area contributed by atoms with Gasteiger partial charge in [-0.15, -0.1) is 0 Å². The summed E-state index contributed by atoms with van der Waals surface area (Å²) < 4.78 is 1.29. The van der Waals surface area contributed by atoms with Crippen molar-refractivity contribution in [1.82, 2.24) is 4.90 Å². The van der Waals surface area contributed by atoms with Crippen LogP contribution in [0, 0.1) is 3.57 Å². The fourth-order valence-corrected chi connectivity index (χ4v) is 3.99. The van der Waals surface area contributed by atoms with Gasteiger partial charge in [-0.25, -0.2) is 0 Å². The molecule has 1 aromatic carbocycles. The van der Waals surface area contributed by atoms with Crippen LogP contribution in [0.2, 0.25) is 0 Å². The first-order valence-corrected chi connectivity index (χ1v) is 8.13. The Labute approximate surface area is 145 Å². The maximum absolute atomic E-state index is 12.0. The Hall–Kier alpha value is -1.07. The predicted octanol–water partition coefficient (Wildman–Crippen LogP) is 2.88. The highest BCUT2D eigenvalue weighted by Crippen LogP contribution is 2.36. The number of carboxylic acids is 1. The molecule has 2 rings (SSSR count). The number of hydrogen-bond acceptors (Lipinski definition) is 5. The zero-order valence-electron chi connectivity index (χ0n) is 10.2. The Balaban J connectivity index is 2.37. The second kappa shape index (κ2) is 6.36. The number of benzene rings is 1. The molecular formula is C12H7BrINO5S. The van der Waals surface area contributed by atoms with Crippen LogP contribution in [-0.2, 0) is 9.59 Å². The van der Waals surface area contributed by atoms with Crippen LogP contribution in [0.3, 0.4) is 0 Å². The van der Waals surface area contributed by atoms with Crippen molar-refractivity contribution in [2.24, 2.45) is 0 Å². The Morgan fingerprint density at radius 2 is 2.10 bits per heavy atom. The zero-order valence-corrected chi connectivity index (χ0v) is 14.7. The lowest BCUT2D eigenvalue weighted by Crippen LogP contribution is -2.33. The fourth-order valence-electron chi connectivity index (χ4n) is 1.61. The van der Waals surface area contributed by atoms with E-state index in [2.05, 4.69) is 15.9 Å². The van der Waals surface area contributed by atoms with Crippen LogP contribution >= 0.6 is 50.3 Å². The molecule has 6 nitrogen and oxygen atoms in total. The summed E-state index contributed by atoms with van der Waals surface area (Å²) in [5.41, 5.74) is 0.370. The second-order valence-electron chi connectivity index (χ2n) is 3.99. The average Bonchev–Trinajstić information content (AvgIpc) is 2.63. The zero-order chi connectivity index (χ0) is 15.7. The van der Waals surface area contributed by atoms with Gasteiger partial charge in [0.05, 0.1) is 8.48 Å². The number of nitrogens with zero attached hydrogens (tertiary/aromatic N) is 1. The molecule has 0 saturated carbocycles. The van der Waals surface area contributed by atoms with Gasteiger partial charge in [-0.1, -0.05) is 15.9 Å². The van der Waals surface area contributed by atoms with E-state index in [1.165, 1.54) is 6.08 Å². The van der Waals surface area contributed by atoms with E-state index in [0.717, 1.165) is 0 Å². The molecule has 1 fully saturated rings. The van der Waals surface area contributed by atoms with Crippen molar-refractivity contribution in [2.45, 2.75) is 0 Å². The molecule has 0 unspecified atom stereocenters. The summed E-state index contributed by atoms with van der Waals surface area (Å²) in [6, 6.07) is 3.30. The van der Waals surface area contributed by atoms with Gasteiger partial charge in [0, 0.05) is 10.0 Å². The molecule has 0 bridgehead atoms. The summed E-state index contributed by atoms with van der Waals surface area (Å²) in [4.78, 5) is 35.0. The molecule has 2 N–H and O–H groups in total. The molecule has 9 heteroatoms. The van der Waals surface area contributed by atoms with E-state index in [1.807, 2.05) is 22.6 Å². The normalized spacial score (nSPS) is 16.9. The third kappa shape index (κ3) is 3.58. The Morgan fingerprint density at radius 3 is 2.71 bits per heavy atom. The van der Waals surface area contributed by atoms with Gasteiger partial charge in [0.15, 0.2) is 0 Å². The SMILES string of the molecule is O=C(O)CN1C(=O)S/C(=C\c2cc(Br)cc(I)c2O)C1=O. The highest BCUT2D eigenvalue weighted by atomic mass is 127. The second-order valence-corrected chi connectivity index (χ2v) is 7.06. The van der Waals surface area contributed by atoms with Crippen molar-refractivity contribution in [1.29, 1.82) is 0 Å². The third-order valence-electron chi connectivity index (χ3n) is 2.51. The van der Waals surface area contributed by atoms with Gasteiger partial charge in [-0.2, -0.15) is 0 Å². The Kier molecular flexibility index (Phi) is 4.94. The van der Waals surface area contributed by atoms with E-state index in [0.29, 0.717) is 30.3 Å². The monoisotopic (exact) mass is 483 g/mol. The molecule has 0 spiro atoms. The lowest BCUT2D eigenvalue weighted by Gasteiger charge is -2.08. The van der Waals surface area contributed by atoms with E-state index in [4.69, 9.17) is 5.11 Å². The van der Waals surface area contributed by atoms with Crippen molar-refractivity contribution in [3.05, 3.63) is 30.6 Å². The van der Waals surface area contributed by atoms with Crippen LogP contribution < -0.4 is 0 Å². The standard InChI is InChI=1S/C12H7BrINO5S/c13-6-1-5(10(18)7(14)3-6)2-8-11(19)15(4-9(16)17)12(20)21-8/h1-3,18H,4H2,(H,16,17)/b8-2-. The molecule has 1 saturated heterocycles. The van der Waals surface area contributed by atoms with Gasteiger partial charge in [0.2, 0.25) is 0 Å². The maximum Gasteiger partial charge on any atom is 0.323 e. The summed E-state index contributed by atoms with van der Waals surface area (Å²) in [7, 11) is 0. The maximum atomic E-state index is 12.0. The van der Waals surface area contributed by atoms with E-state index >= 15 is 0 Å². The molecule has 0 radical (unpaired) electrons. The first-order valence-electron chi connectivity index (χ1n) is 5.44. The summed E-state index contributed by atoms with van der Waals surface area (Å²) in [5, 5.41) is 18.0. The van der Waals surface area contributed by atoms with Gasteiger partial charge in [-0.05, 0) is 52.6 Å². The molecule has 110 valence electrons. The number of hydrogen-bond donors (Lipinski definition) is 2. The Morgan fingerprint density at radius 1 is 1.43 bits per heavy atom. The topological polar surface area (TPSA) is 94.9 Å². The lowest BCUT2D eigenvalue weighted by molar-refractivity contribution is -0.140. The molecule has 1 heterocycles. The largest absolute Gasteiger partial charge is 0.506 e. The van der Waals surface area contributed by atoms with Crippen molar-refractivity contribution in [3.8, 4) is 5.75 Å². The number of halogens is 2. The molecular weight excluding hydrogens is 477 g/mol. The number of aromatic hydroxyl groups is 1. The third-order valence-corrected chi connectivity index (χ3v) is 4.70. The van der Waals surface area contributed by atoms with E-state index in [1.54, 1.807) is 12.1 Å². The van der Waals surface area contributed by atoms with Crippen LogP contribution in [-0.4, -0.2) is 38.8 Å². The van der Waals surface area contributed by atoms with Crippen LogP contribution in [0.1, 0.15) is 5.56 Å². The van der Waals surface area contributed by atoms with Crippen LogP contribution in [0.4, 0.5) is 4.79 Å². The smallest absolute Gasteiger partial charge is 0.323 e. The van der Waals surface area contributed by atoms with Gasteiger partial charge in [-0.3, -0.25) is 19.3 Å². The van der Waals surface area contributed by atoms with E-state index in [9.17, 15) is 19.5 Å². The highest BCUT2D eigenvalue weighted by molar-refractivity contribution is 14.1. The predicted molar refractivity (Wildman–Crippen MR) is 88.8 cm³/mol. The number of rotatable bonds is 3. The number of aliphatic carboxylic acids is 1. The first kappa shape index (κ1) is 16.3. The van der Waals surface area contributed by atoms with Crippen LogP contribution in [0.15, 0.2) is 21.5 Å². The van der Waals surface area contributed by atoms with Crippen LogP contribution in [0.25, 0.3) is 6.08 Å². The molecule has 1 aliphatic rings. The van der Waals surface area contributed by atoms with Crippen molar-refractivity contribution in [3.63, 3.8) is 0 Å². The van der Waals surface area contributed by atoms with Gasteiger partial charge in [0.1, 0.15) is 12.3 Å². The molecule has 0 aliphatic carbocycles. The van der Waals surface area contributed by atoms with E-state index in [-0.39, 0.29) is 10.7 Å². The highest BCUT2D eigenvalue weighted by Gasteiger charge is 2.36.